The van der Waals surface area contributed by atoms with Gasteiger partial charge in [0.05, 0.1) is 11.5 Å². The highest BCUT2D eigenvalue weighted by Crippen LogP contribution is 2.25. The summed E-state index contributed by atoms with van der Waals surface area (Å²) in [5.41, 5.74) is 6.52. The number of hydrogen-bond acceptors (Lipinski definition) is 5. The first-order valence-corrected chi connectivity index (χ1v) is 7.35. The number of rotatable bonds is 5. The third kappa shape index (κ3) is 4.09. The Balaban J connectivity index is 2.92. The molecule has 0 amide bonds. The molecule has 0 saturated heterocycles. The molecule has 0 spiro atoms. The predicted octanol–water partition coefficient (Wildman–Crippen LogP) is 1.07. The lowest BCUT2D eigenvalue weighted by Gasteiger charge is -2.09. The van der Waals surface area contributed by atoms with Crippen LogP contribution in [-0.2, 0) is 19.6 Å². The van der Waals surface area contributed by atoms with Gasteiger partial charge in [0.2, 0.25) is 10.0 Å². The van der Waals surface area contributed by atoms with E-state index in [0.29, 0.717) is 5.56 Å². The number of carbonyl (C=O) groups is 1. The number of anilines is 1. The summed E-state index contributed by atoms with van der Waals surface area (Å²) in [6.07, 6.45) is 0. The van der Waals surface area contributed by atoms with Crippen molar-refractivity contribution in [3.8, 4) is 0 Å². The Hall–Kier alpha value is -1.31. The van der Waals surface area contributed by atoms with Gasteiger partial charge in [0.15, 0.2) is 0 Å². The molecule has 0 aromatic heterocycles. The quantitative estimate of drug-likeness (QED) is 0.626. The number of hydrogen-bond donors (Lipinski definition) is 2. The Morgan fingerprint density at radius 2 is 2.11 bits per heavy atom. The Kier molecular flexibility index (Phi) is 5.16. The summed E-state index contributed by atoms with van der Waals surface area (Å²) in [5, 5.41) is 0.247. The van der Waals surface area contributed by atoms with Crippen LogP contribution in [0.15, 0.2) is 17.0 Å². The molecule has 1 aromatic rings. The molecule has 8 heteroatoms. The maximum Gasteiger partial charge on any atom is 0.321 e. The third-order valence-electron chi connectivity index (χ3n) is 2.38. The topological polar surface area (TPSA) is 98.5 Å². The zero-order chi connectivity index (χ0) is 14.6. The Morgan fingerprint density at radius 1 is 1.47 bits per heavy atom. The van der Waals surface area contributed by atoms with E-state index in [0.717, 1.165) is 0 Å². The van der Waals surface area contributed by atoms with Gasteiger partial charge in [0.25, 0.3) is 0 Å². The molecule has 19 heavy (non-hydrogen) atoms. The van der Waals surface area contributed by atoms with Crippen molar-refractivity contribution < 1.29 is 17.9 Å². The maximum absolute atomic E-state index is 11.9. The van der Waals surface area contributed by atoms with Gasteiger partial charge in [-0.15, -0.1) is 0 Å². The molecule has 6 nitrogen and oxygen atoms in total. The molecule has 0 aliphatic heterocycles. The monoisotopic (exact) mass is 306 g/mol. The molecular weight excluding hydrogens is 292 g/mol. The minimum absolute atomic E-state index is 0.0927. The first-order chi connectivity index (χ1) is 8.77. The zero-order valence-corrected chi connectivity index (χ0v) is 12.1. The largest absolute Gasteiger partial charge is 0.465 e. The van der Waals surface area contributed by atoms with E-state index in [9.17, 15) is 13.2 Å². The summed E-state index contributed by atoms with van der Waals surface area (Å²) < 4.78 is 30.6. The first kappa shape index (κ1) is 15.7. The summed E-state index contributed by atoms with van der Waals surface area (Å²) in [7, 11) is -3.85. The second kappa shape index (κ2) is 6.23. The minimum Gasteiger partial charge on any atom is -0.465 e. The summed E-state index contributed by atoms with van der Waals surface area (Å²) in [4.78, 5) is 11.0. The Bertz CT molecular complexity index is 563. The smallest absolute Gasteiger partial charge is 0.321 e. The average molecular weight is 307 g/mol. The van der Waals surface area contributed by atoms with E-state index in [2.05, 4.69) is 9.46 Å². The molecular formula is C11H15ClN2O4S. The molecule has 1 aromatic carbocycles. The van der Waals surface area contributed by atoms with Crippen LogP contribution < -0.4 is 10.5 Å². The number of nitrogens with one attached hydrogen (secondary N) is 1. The van der Waals surface area contributed by atoms with E-state index in [1.165, 1.54) is 12.1 Å². The van der Waals surface area contributed by atoms with Crippen molar-refractivity contribution >= 4 is 33.3 Å². The molecule has 0 aliphatic rings. The molecule has 3 N–H and O–H groups in total. The molecule has 106 valence electrons. The van der Waals surface area contributed by atoms with Crippen molar-refractivity contribution in [2.45, 2.75) is 18.7 Å². The molecule has 0 saturated carbocycles. The van der Waals surface area contributed by atoms with Gasteiger partial charge < -0.3 is 10.5 Å². The molecule has 0 bridgehead atoms. The van der Waals surface area contributed by atoms with Crippen molar-refractivity contribution in [2.24, 2.45) is 0 Å². The summed E-state index contributed by atoms with van der Waals surface area (Å²) in [5.74, 6) is -0.655. The summed E-state index contributed by atoms with van der Waals surface area (Å²) >= 11 is 5.87. The molecule has 0 heterocycles. The summed E-state index contributed by atoms with van der Waals surface area (Å²) in [6.45, 7) is 3.05. The van der Waals surface area contributed by atoms with Gasteiger partial charge in [0, 0.05) is 10.7 Å². The Labute approximate surface area is 116 Å². The lowest BCUT2D eigenvalue weighted by molar-refractivity contribution is -0.141. The number of nitrogens with two attached hydrogens (primary N) is 1. The van der Waals surface area contributed by atoms with Gasteiger partial charge in [-0.05, 0) is 31.5 Å². The van der Waals surface area contributed by atoms with E-state index in [1.54, 1.807) is 13.8 Å². The zero-order valence-electron chi connectivity index (χ0n) is 10.6. The second-order valence-electron chi connectivity index (χ2n) is 3.75. The molecule has 0 atom stereocenters. The van der Waals surface area contributed by atoms with Crippen molar-refractivity contribution in [3.05, 3.63) is 22.7 Å². The van der Waals surface area contributed by atoms with E-state index in [4.69, 9.17) is 17.3 Å². The second-order valence-corrected chi connectivity index (χ2v) is 5.92. The normalized spacial score (nSPS) is 11.3. The fraction of sp³-hybridized carbons (Fsp3) is 0.364. The number of nitrogen functional groups attached to an aromatic ring is 1. The van der Waals surface area contributed by atoms with Crippen LogP contribution in [0, 0.1) is 6.92 Å². The van der Waals surface area contributed by atoms with Crippen molar-refractivity contribution in [3.63, 3.8) is 0 Å². The fourth-order valence-electron chi connectivity index (χ4n) is 1.28. The number of sulfonamides is 1. The van der Waals surface area contributed by atoms with Gasteiger partial charge in [0.1, 0.15) is 6.54 Å². The number of carbonyl (C=O) groups excluding carboxylic acids is 1. The lowest BCUT2D eigenvalue weighted by Crippen LogP contribution is -2.30. The number of esters is 1. The van der Waals surface area contributed by atoms with E-state index >= 15 is 0 Å². The van der Waals surface area contributed by atoms with E-state index in [-0.39, 0.29) is 22.2 Å². The predicted molar refractivity (Wildman–Crippen MR) is 72.4 cm³/mol. The summed E-state index contributed by atoms with van der Waals surface area (Å²) in [6, 6.07) is 2.56. The molecule has 0 radical (unpaired) electrons. The van der Waals surface area contributed by atoms with Crippen molar-refractivity contribution in [2.75, 3.05) is 18.9 Å². The van der Waals surface area contributed by atoms with Crippen LogP contribution in [0.25, 0.3) is 0 Å². The van der Waals surface area contributed by atoms with Crippen LogP contribution in [0.3, 0.4) is 0 Å². The SMILES string of the molecule is CCOC(=O)CNS(=O)(=O)c1cc(N)c(C)c(Cl)c1. The van der Waals surface area contributed by atoms with Crippen molar-refractivity contribution in [1.82, 2.24) is 4.72 Å². The van der Waals surface area contributed by atoms with Crippen LogP contribution in [0.2, 0.25) is 5.02 Å². The van der Waals surface area contributed by atoms with Crippen LogP contribution in [0.4, 0.5) is 5.69 Å². The number of ether oxygens (including phenoxy) is 1. The van der Waals surface area contributed by atoms with Crippen LogP contribution in [0.1, 0.15) is 12.5 Å². The minimum atomic E-state index is -3.85. The Morgan fingerprint density at radius 3 is 2.63 bits per heavy atom. The van der Waals surface area contributed by atoms with Gasteiger partial charge in [-0.3, -0.25) is 4.79 Å². The first-order valence-electron chi connectivity index (χ1n) is 5.49. The van der Waals surface area contributed by atoms with E-state index in [1.807, 2.05) is 0 Å². The average Bonchev–Trinajstić information content (AvgIpc) is 2.33. The number of halogens is 1. The van der Waals surface area contributed by atoms with Crippen LogP contribution in [-0.4, -0.2) is 27.5 Å². The van der Waals surface area contributed by atoms with E-state index < -0.39 is 22.5 Å². The van der Waals surface area contributed by atoms with Gasteiger partial charge in [-0.1, -0.05) is 11.6 Å². The maximum atomic E-state index is 11.9. The highest BCUT2D eigenvalue weighted by atomic mass is 35.5. The highest BCUT2D eigenvalue weighted by molar-refractivity contribution is 7.89. The standard InChI is InChI=1S/C11H15ClN2O4S/c1-3-18-11(15)6-14-19(16,17)8-4-9(12)7(2)10(13)5-8/h4-5,14H,3,6,13H2,1-2H3. The fourth-order valence-corrected chi connectivity index (χ4v) is 2.60. The molecule has 0 aliphatic carbocycles. The molecule has 0 unspecified atom stereocenters. The van der Waals surface area contributed by atoms with Gasteiger partial charge in [-0.25, -0.2) is 8.42 Å². The lowest BCUT2D eigenvalue weighted by atomic mass is 10.2. The third-order valence-corrected chi connectivity index (χ3v) is 4.15. The van der Waals surface area contributed by atoms with Crippen molar-refractivity contribution in [1.29, 1.82) is 0 Å². The highest BCUT2D eigenvalue weighted by Gasteiger charge is 2.18. The van der Waals surface area contributed by atoms with Crippen LogP contribution in [0.5, 0.6) is 0 Å². The molecule has 1 rings (SSSR count). The van der Waals surface area contributed by atoms with Gasteiger partial charge in [-0.2, -0.15) is 4.72 Å². The number of benzene rings is 1. The van der Waals surface area contributed by atoms with Gasteiger partial charge >= 0.3 is 5.97 Å². The van der Waals surface area contributed by atoms with Crippen LogP contribution >= 0.6 is 11.6 Å². The molecule has 0 fully saturated rings.